The minimum atomic E-state index is 0.610. The van der Waals surface area contributed by atoms with Gasteiger partial charge in [0.15, 0.2) is 0 Å². The molecule has 1 saturated heterocycles. The molecule has 0 aliphatic carbocycles. The molecule has 0 amide bonds. The minimum absolute atomic E-state index is 0.610. The molecule has 0 aromatic heterocycles. The van der Waals surface area contributed by atoms with E-state index in [1.54, 1.807) is 0 Å². The Morgan fingerprint density at radius 1 is 1.22 bits per heavy atom. The Kier molecular flexibility index (Phi) is 5.75. The van der Waals surface area contributed by atoms with Crippen molar-refractivity contribution in [2.75, 3.05) is 19.7 Å². The van der Waals surface area contributed by atoms with E-state index in [1.807, 2.05) is 11.1 Å². The summed E-state index contributed by atoms with van der Waals surface area (Å²) in [5.74, 6) is 1.78. The summed E-state index contributed by atoms with van der Waals surface area (Å²) in [6, 6.07) is 8.52. The fraction of sp³-hybridized carbons (Fsp3) is 0.467. The van der Waals surface area contributed by atoms with Crippen molar-refractivity contribution in [3.63, 3.8) is 0 Å². The zero-order valence-electron chi connectivity index (χ0n) is 10.6. The number of piperidine rings is 1. The van der Waals surface area contributed by atoms with Crippen LogP contribution in [0.5, 0.6) is 5.75 Å². The fourth-order valence-corrected chi connectivity index (χ4v) is 2.47. The number of hydrogen-bond acceptors (Lipinski definition) is 2. The van der Waals surface area contributed by atoms with Gasteiger partial charge in [-0.15, -0.1) is 0 Å². The van der Waals surface area contributed by atoms with Gasteiger partial charge in [-0.3, -0.25) is 0 Å². The van der Waals surface area contributed by atoms with Gasteiger partial charge >= 0.3 is 0 Å². The normalized spacial score (nSPS) is 17.2. The Balaban J connectivity index is 1.82. The zero-order valence-corrected chi connectivity index (χ0v) is 12.2. The molecule has 2 nitrogen and oxygen atoms in total. The second kappa shape index (κ2) is 7.59. The molecule has 3 heteroatoms. The first-order valence-corrected chi connectivity index (χ1v) is 7.48. The summed E-state index contributed by atoms with van der Waals surface area (Å²) in [6.45, 7) is 2.95. The van der Waals surface area contributed by atoms with Crippen molar-refractivity contribution >= 4 is 15.9 Å². The molecular formula is C15H20BrNO. The van der Waals surface area contributed by atoms with Gasteiger partial charge in [-0.1, -0.05) is 28.1 Å². The molecule has 2 rings (SSSR count). The summed E-state index contributed by atoms with van der Waals surface area (Å²) in [5, 5.41) is 3.41. The standard InChI is InChI=1S/C15H20BrNO/c16-8-1-11-18-15-4-2-13(3-5-15)12-14-6-9-17-10-7-14/h1-5,8,14,17H,6-7,9-12H2/b8-1+. The Hall–Kier alpha value is -0.800. The maximum Gasteiger partial charge on any atom is 0.119 e. The highest BCUT2D eigenvalue weighted by Crippen LogP contribution is 2.20. The van der Waals surface area contributed by atoms with Gasteiger partial charge in [0.05, 0.1) is 0 Å². The highest BCUT2D eigenvalue weighted by Gasteiger charge is 2.13. The molecule has 0 unspecified atom stereocenters. The van der Waals surface area contributed by atoms with Crippen LogP contribution in [0.25, 0.3) is 0 Å². The smallest absolute Gasteiger partial charge is 0.119 e. The van der Waals surface area contributed by atoms with Gasteiger partial charge in [0.1, 0.15) is 12.4 Å². The van der Waals surface area contributed by atoms with E-state index in [0.717, 1.165) is 11.7 Å². The quantitative estimate of drug-likeness (QED) is 0.898. The molecular weight excluding hydrogens is 290 g/mol. The van der Waals surface area contributed by atoms with Gasteiger partial charge in [-0.05, 0) is 67.0 Å². The van der Waals surface area contributed by atoms with Gasteiger partial charge in [0, 0.05) is 0 Å². The van der Waals surface area contributed by atoms with E-state index in [0.29, 0.717) is 6.61 Å². The molecule has 1 fully saturated rings. The van der Waals surface area contributed by atoms with Gasteiger partial charge in [-0.25, -0.2) is 0 Å². The van der Waals surface area contributed by atoms with Crippen molar-refractivity contribution in [1.29, 1.82) is 0 Å². The van der Waals surface area contributed by atoms with Crippen molar-refractivity contribution in [1.82, 2.24) is 5.32 Å². The SMILES string of the molecule is Br/C=C/COc1ccc(CC2CCNCC2)cc1. The van der Waals surface area contributed by atoms with E-state index in [-0.39, 0.29) is 0 Å². The van der Waals surface area contributed by atoms with Gasteiger partial charge in [0.2, 0.25) is 0 Å². The van der Waals surface area contributed by atoms with Crippen molar-refractivity contribution in [3.8, 4) is 5.75 Å². The number of nitrogens with one attached hydrogen (secondary N) is 1. The summed E-state index contributed by atoms with van der Waals surface area (Å²) < 4.78 is 5.56. The van der Waals surface area contributed by atoms with E-state index in [4.69, 9.17) is 4.74 Å². The maximum atomic E-state index is 5.56. The number of benzene rings is 1. The predicted molar refractivity (Wildman–Crippen MR) is 79.3 cm³/mol. The second-order valence-corrected chi connectivity index (χ2v) is 5.24. The fourth-order valence-electron chi connectivity index (χ4n) is 2.32. The molecule has 1 aliphatic rings. The van der Waals surface area contributed by atoms with Crippen LogP contribution in [0.2, 0.25) is 0 Å². The summed E-state index contributed by atoms with van der Waals surface area (Å²) in [4.78, 5) is 1.82. The maximum absolute atomic E-state index is 5.56. The van der Waals surface area contributed by atoms with Crippen molar-refractivity contribution in [2.24, 2.45) is 5.92 Å². The van der Waals surface area contributed by atoms with E-state index in [1.165, 1.54) is 37.9 Å². The van der Waals surface area contributed by atoms with Gasteiger partial charge in [0.25, 0.3) is 0 Å². The molecule has 1 aromatic carbocycles. The van der Waals surface area contributed by atoms with Crippen LogP contribution >= 0.6 is 15.9 Å². The average molecular weight is 310 g/mol. The van der Waals surface area contributed by atoms with Crippen molar-refractivity contribution in [3.05, 3.63) is 40.9 Å². The summed E-state index contributed by atoms with van der Waals surface area (Å²) in [6.07, 6.45) is 5.73. The second-order valence-electron chi connectivity index (χ2n) is 4.71. The largest absolute Gasteiger partial charge is 0.490 e. The third-order valence-corrected chi connectivity index (χ3v) is 3.72. The molecule has 1 heterocycles. The first-order valence-electron chi connectivity index (χ1n) is 6.56. The first-order chi connectivity index (χ1) is 8.88. The van der Waals surface area contributed by atoms with Crippen LogP contribution in [-0.4, -0.2) is 19.7 Å². The van der Waals surface area contributed by atoms with Crippen molar-refractivity contribution in [2.45, 2.75) is 19.3 Å². The van der Waals surface area contributed by atoms with Crippen molar-refractivity contribution < 1.29 is 4.74 Å². The van der Waals surface area contributed by atoms with E-state index < -0.39 is 0 Å². The predicted octanol–water partition coefficient (Wildman–Crippen LogP) is 3.52. The van der Waals surface area contributed by atoms with Crippen LogP contribution in [0.1, 0.15) is 18.4 Å². The number of halogens is 1. The molecule has 18 heavy (non-hydrogen) atoms. The Bertz CT molecular complexity index is 369. The average Bonchev–Trinajstić information content (AvgIpc) is 2.42. The van der Waals surface area contributed by atoms with E-state index in [9.17, 15) is 0 Å². The number of hydrogen-bond donors (Lipinski definition) is 1. The van der Waals surface area contributed by atoms with Crippen LogP contribution in [0.4, 0.5) is 0 Å². The molecule has 0 spiro atoms. The van der Waals surface area contributed by atoms with E-state index >= 15 is 0 Å². The third-order valence-electron chi connectivity index (χ3n) is 3.34. The molecule has 1 aliphatic heterocycles. The molecule has 98 valence electrons. The topological polar surface area (TPSA) is 21.3 Å². The lowest BCUT2D eigenvalue weighted by atomic mass is 9.91. The Morgan fingerprint density at radius 3 is 2.61 bits per heavy atom. The molecule has 1 N–H and O–H groups in total. The minimum Gasteiger partial charge on any atom is -0.490 e. The lowest BCUT2D eigenvalue weighted by Gasteiger charge is -2.22. The Labute approximate surface area is 118 Å². The van der Waals surface area contributed by atoms with Gasteiger partial charge in [-0.2, -0.15) is 0 Å². The third kappa shape index (κ3) is 4.46. The Morgan fingerprint density at radius 2 is 1.94 bits per heavy atom. The highest BCUT2D eigenvalue weighted by molar-refractivity contribution is 9.11. The van der Waals surface area contributed by atoms with Gasteiger partial charge < -0.3 is 10.1 Å². The lowest BCUT2D eigenvalue weighted by Crippen LogP contribution is -2.28. The van der Waals surface area contributed by atoms with Crippen LogP contribution in [-0.2, 0) is 6.42 Å². The zero-order chi connectivity index (χ0) is 12.6. The summed E-state index contributed by atoms with van der Waals surface area (Å²) >= 11 is 3.22. The first kappa shape index (κ1) is 13.6. The van der Waals surface area contributed by atoms with E-state index in [2.05, 4.69) is 45.5 Å². The molecule has 1 aromatic rings. The summed E-state index contributed by atoms with van der Waals surface area (Å²) in [7, 11) is 0. The molecule has 0 radical (unpaired) electrons. The van der Waals surface area contributed by atoms with Crippen LogP contribution < -0.4 is 10.1 Å². The number of rotatable bonds is 5. The molecule has 0 atom stereocenters. The highest BCUT2D eigenvalue weighted by atomic mass is 79.9. The van der Waals surface area contributed by atoms with Crippen LogP contribution in [0, 0.1) is 5.92 Å². The molecule has 0 saturated carbocycles. The summed E-state index contributed by atoms with van der Waals surface area (Å²) in [5.41, 5.74) is 1.42. The molecule has 0 bridgehead atoms. The van der Waals surface area contributed by atoms with Crippen LogP contribution in [0.15, 0.2) is 35.3 Å². The van der Waals surface area contributed by atoms with Crippen LogP contribution in [0.3, 0.4) is 0 Å². The monoisotopic (exact) mass is 309 g/mol. The number of ether oxygens (including phenoxy) is 1. The lowest BCUT2D eigenvalue weighted by molar-refractivity contribution is 0.361.